The van der Waals surface area contributed by atoms with Gasteiger partial charge in [0.05, 0.1) is 6.10 Å². The highest BCUT2D eigenvalue weighted by Gasteiger charge is 2.18. The molecule has 0 saturated heterocycles. The third-order valence-corrected chi connectivity index (χ3v) is 4.55. The smallest absolute Gasteiger partial charge is 0.185 e. The fourth-order valence-electron chi connectivity index (χ4n) is 3.03. The topological polar surface area (TPSA) is 72.6 Å². The number of anilines is 1. The van der Waals surface area contributed by atoms with Crippen molar-refractivity contribution in [3.63, 3.8) is 0 Å². The summed E-state index contributed by atoms with van der Waals surface area (Å²) in [6.45, 7) is 7.77. The Bertz CT molecular complexity index is 951. The maximum Gasteiger partial charge on any atom is 0.185 e. The number of ether oxygens (including phenoxy) is 1. The van der Waals surface area contributed by atoms with Crippen LogP contribution in [0.3, 0.4) is 0 Å². The summed E-state index contributed by atoms with van der Waals surface area (Å²) in [5, 5.41) is 10.9. The van der Waals surface area contributed by atoms with Gasteiger partial charge < -0.3 is 15.6 Å². The van der Waals surface area contributed by atoms with E-state index in [1.165, 1.54) is 6.08 Å². The molecule has 0 spiro atoms. The van der Waals surface area contributed by atoms with Crippen LogP contribution in [0.15, 0.2) is 60.7 Å². The van der Waals surface area contributed by atoms with Gasteiger partial charge in [-0.25, -0.2) is 0 Å². The lowest BCUT2D eigenvalue weighted by Gasteiger charge is -2.20. The molecule has 0 amide bonds. The van der Waals surface area contributed by atoms with Crippen molar-refractivity contribution in [3.05, 3.63) is 83.0 Å². The molecular formula is C26H31NO3. The van der Waals surface area contributed by atoms with E-state index in [2.05, 4.69) is 0 Å². The SMILES string of the molecule is C/C=C/Cc1cc(/C=C/C(=O)c2ccc(N)cc2)c(OC(C)C)c(C/C=C/C)c1O. The Hall–Kier alpha value is -3.27. The number of hydrogen-bond donors (Lipinski definition) is 2. The first-order valence-electron chi connectivity index (χ1n) is 10.2. The minimum atomic E-state index is -0.122. The van der Waals surface area contributed by atoms with Crippen LogP contribution in [0, 0.1) is 0 Å². The molecule has 0 aliphatic heterocycles. The summed E-state index contributed by atoms with van der Waals surface area (Å²) in [7, 11) is 0. The van der Waals surface area contributed by atoms with Gasteiger partial charge in [0.25, 0.3) is 0 Å². The van der Waals surface area contributed by atoms with Crippen LogP contribution in [0.4, 0.5) is 5.69 Å². The fourth-order valence-corrected chi connectivity index (χ4v) is 3.03. The maximum atomic E-state index is 12.6. The van der Waals surface area contributed by atoms with Crippen LogP contribution in [-0.2, 0) is 12.8 Å². The molecular weight excluding hydrogens is 374 g/mol. The van der Waals surface area contributed by atoms with E-state index in [0.717, 1.165) is 16.7 Å². The summed E-state index contributed by atoms with van der Waals surface area (Å²) in [5.74, 6) is 0.721. The summed E-state index contributed by atoms with van der Waals surface area (Å²) in [6, 6.07) is 8.72. The lowest BCUT2D eigenvalue weighted by atomic mass is 9.96. The number of allylic oxidation sites excluding steroid dienone is 5. The maximum absolute atomic E-state index is 12.6. The number of aromatic hydroxyl groups is 1. The second-order valence-electron chi connectivity index (χ2n) is 7.31. The first kappa shape index (κ1) is 23.0. The van der Waals surface area contributed by atoms with E-state index >= 15 is 0 Å². The zero-order valence-corrected chi connectivity index (χ0v) is 18.2. The highest BCUT2D eigenvalue weighted by atomic mass is 16.5. The number of hydrogen-bond acceptors (Lipinski definition) is 4. The Kier molecular flexibility index (Phi) is 8.48. The van der Waals surface area contributed by atoms with Crippen LogP contribution in [0.25, 0.3) is 6.08 Å². The number of nitrogens with two attached hydrogens (primary N) is 1. The molecule has 0 unspecified atom stereocenters. The van der Waals surface area contributed by atoms with E-state index in [-0.39, 0.29) is 17.6 Å². The minimum absolute atomic E-state index is 0.0740. The van der Waals surface area contributed by atoms with Crippen LogP contribution in [0.1, 0.15) is 54.7 Å². The quantitative estimate of drug-likeness (QED) is 0.236. The van der Waals surface area contributed by atoms with Crippen molar-refractivity contribution in [2.75, 3.05) is 5.73 Å². The zero-order valence-electron chi connectivity index (χ0n) is 18.2. The van der Waals surface area contributed by atoms with Crippen molar-refractivity contribution < 1.29 is 14.6 Å². The van der Waals surface area contributed by atoms with E-state index in [4.69, 9.17) is 10.5 Å². The standard InChI is InChI=1S/C26H31NO3/c1-5-7-9-20-17-21(13-16-24(28)19-11-14-22(27)15-12-19)26(30-18(3)4)23(25(20)29)10-8-6-2/h5-8,11-18,29H,9-10,27H2,1-4H3/b7-5+,8-6+,16-13+. The fraction of sp³-hybridized carbons (Fsp3) is 0.269. The summed E-state index contributed by atoms with van der Waals surface area (Å²) in [4.78, 5) is 12.6. The molecule has 0 saturated carbocycles. The lowest BCUT2D eigenvalue weighted by molar-refractivity contribution is 0.104. The Morgan fingerprint density at radius 3 is 2.33 bits per heavy atom. The molecule has 2 aromatic rings. The Labute approximate surface area is 179 Å². The van der Waals surface area contributed by atoms with Gasteiger partial charge in [0.2, 0.25) is 0 Å². The number of ketones is 1. The van der Waals surface area contributed by atoms with E-state index < -0.39 is 0 Å². The van der Waals surface area contributed by atoms with Gasteiger partial charge in [-0.3, -0.25) is 4.79 Å². The minimum Gasteiger partial charge on any atom is -0.507 e. The van der Waals surface area contributed by atoms with Gasteiger partial charge in [0, 0.05) is 22.4 Å². The van der Waals surface area contributed by atoms with Gasteiger partial charge in [-0.05, 0) is 88.6 Å². The van der Waals surface area contributed by atoms with Crippen molar-refractivity contribution in [3.8, 4) is 11.5 Å². The molecule has 3 N–H and O–H groups in total. The molecule has 0 fully saturated rings. The van der Waals surface area contributed by atoms with Crippen LogP contribution in [0.2, 0.25) is 0 Å². The van der Waals surface area contributed by atoms with E-state index in [1.54, 1.807) is 30.3 Å². The summed E-state index contributed by atoms with van der Waals surface area (Å²) in [5.41, 5.74) is 9.17. The molecule has 0 radical (unpaired) electrons. The van der Waals surface area contributed by atoms with Crippen LogP contribution < -0.4 is 10.5 Å². The molecule has 0 aliphatic carbocycles. The number of rotatable bonds is 9. The van der Waals surface area contributed by atoms with Crippen LogP contribution in [0.5, 0.6) is 11.5 Å². The lowest BCUT2D eigenvalue weighted by Crippen LogP contribution is -2.10. The Balaban J connectivity index is 2.55. The van der Waals surface area contributed by atoms with Crippen molar-refractivity contribution in [1.82, 2.24) is 0 Å². The predicted octanol–water partition coefficient (Wildman–Crippen LogP) is 5.89. The van der Waals surface area contributed by atoms with E-state index in [0.29, 0.717) is 29.8 Å². The predicted molar refractivity (Wildman–Crippen MR) is 125 cm³/mol. The van der Waals surface area contributed by atoms with Gasteiger partial charge in [-0.2, -0.15) is 0 Å². The normalized spacial score (nSPS) is 11.9. The summed E-state index contributed by atoms with van der Waals surface area (Å²) in [6.07, 6.45) is 12.2. The van der Waals surface area contributed by atoms with Crippen molar-refractivity contribution in [2.24, 2.45) is 0 Å². The summed E-state index contributed by atoms with van der Waals surface area (Å²) < 4.78 is 6.08. The molecule has 2 rings (SSSR count). The second-order valence-corrected chi connectivity index (χ2v) is 7.31. The molecule has 30 heavy (non-hydrogen) atoms. The average molecular weight is 406 g/mol. The highest BCUT2D eigenvalue weighted by molar-refractivity contribution is 6.07. The second kappa shape index (κ2) is 11.1. The first-order valence-corrected chi connectivity index (χ1v) is 10.2. The van der Waals surface area contributed by atoms with Gasteiger partial charge in [-0.15, -0.1) is 0 Å². The molecule has 158 valence electrons. The van der Waals surface area contributed by atoms with E-state index in [9.17, 15) is 9.90 Å². The van der Waals surface area contributed by atoms with Crippen molar-refractivity contribution in [2.45, 2.75) is 46.6 Å². The highest BCUT2D eigenvalue weighted by Crippen LogP contribution is 2.38. The molecule has 0 bridgehead atoms. The largest absolute Gasteiger partial charge is 0.507 e. The Morgan fingerprint density at radius 1 is 1.10 bits per heavy atom. The molecule has 0 heterocycles. The van der Waals surface area contributed by atoms with Crippen LogP contribution >= 0.6 is 0 Å². The molecule has 2 aromatic carbocycles. The molecule has 0 aliphatic rings. The summed E-state index contributed by atoms with van der Waals surface area (Å²) >= 11 is 0. The van der Waals surface area contributed by atoms with Crippen LogP contribution in [-0.4, -0.2) is 17.0 Å². The van der Waals surface area contributed by atoms with Gasteiger partial charge in [-0.1, -0.05) is 24.3 Å². The number of phenolic OH excluding ortho intramolecular Hbond substituents is 1. The monoisotopic (exact) mass is 405 g/mol. The van der Waals surface area contributed by atoms with Crippen molar-refractivity contribution >= 4 is 17.5 Å². The third-order valence-electron chi connectivity index (χ3n) is 4.55. The molecule has 0 atom stereocenters. The number of phenols is 1. The van der Waals surface area contributed by atoms with E-state index in [1.807, 2.05) is 58.1 Å². The van der Waals surface area contributed by atoms with Gasteiger partial charge in [0.15, 0.2) is 5.78 Å². The number of benzene rings is 2. The number of nitrogen functional groups attached to an aromatic ring is 1. The first-order chi connectivity index (χ1) is 14.4. The zero-order chi connectivity index (χ0) is 22.1. The number of carbonyl (C=O) groups excluding carboxylic acids is 1. The molecule has 4 nitrogen and oxygen atoms in total. The van der Waals surface area contributed by atoms with Gasteiger partial charge >= 0.3 is 0 Å². The number of carbonyl (C=O) groups is 1. The Morgan fingerprint density at radius 2 is 1.73 bits per heavy atom. The average Bonchev–Trinajstić information content (AvgIpc) is 2.72. The molecule has 4 heteroatoms. The molecule has 0 aromatic heterocycles. The third kappa shape index (κ3) is 6.11. The van der Waals surface area contributed by atoms with Crippen molar-refractivity contribution in [1.29, 1.82) is 0 Å². The van der Waals surface area contributed by atoms with Gasteiger partial charge in [0.1, 0.15) is 11.5 Å².